The van der Waals surface area contributed by atoms with E-state index in [-0.39, 0.29) is 6.61 Å². The molecule has 4 rings (SSSR count). The van der Waals surface area contributed by atoms with Gasteiger partial charge in [-0.3, -0.25) is 4.57 Å². The van der Waals surface area contributed by atoms with E-state index < -0.39 is 0 Å². The molecule has 136 valence electrons. The van der Waals surface area contributed by atoms with Crippen molar-refractivity contribution < 1.29 is 5.11 Å². The Balaban J connectivity index is 1.79. The smallest absolute Gasteiger partial charge is 0.144 e. The van der Waals surface area contributed by atoms with Gasteiger partial charge in [0.25, 0.3) is 0 Å². The highest BCUT2D eigenvalue weighted by molar-refractivity contribution is 5.65. The predicted molar refractivity (Wildman–Crippen MR) is 104 cm³/mol. The Kier molecular flexibility index (Phi) is 4.56. The molecule has 0 radical (unpaired) electrons. The summed E-state index contributed by atoms with van der Waals surface area (Å²) in [6.45, 7) is 4.90. The van der Waals surface area contributed by atoms with Crippen molar-refractivity contribution in [3.05, 3.63) is 83.7 Å². The van der Waals surface area contributed by atoms with Gasteiger partial charge in [-0.2, -0.15) is 5.10 Å². The number of imidazole rings is 1. The maximum absolute atomic E-state index is 9.44. The third kappa shape index (κ3) is 3.39. The van der Waals surface area contributed by atoms with Crippen molar-refractivity contribution in [1.82, 2.24) is 24.3 Å². The lowest BCUT2D eigenvalue weighted by atomic mass is 9.99. The molecule has 2 heterocycles. The van der Waals surface area contributed by atoms with Crippen LogP contribution in [0.1, 0.15) is 22.3 Å². The summed E-state index contributed by atoms with van der Waals surface area (Å²) in [6.07, 6.45) is 7.02. The monoisotopic (exact) mass is 359 g/mol. The minimum Gasteiger partial charge on any atom is -0.392 e. The molecule has 0 spiro atoms. The molecular formula is C21H21N5O. The van der Waals surface area contributed by atoms with Crippen molar-refractivity contribution >= 4 is 0 Å². The van der Waals surface area contributed by atoms with E-state index in [9.17, 15) is 5.11 Å². The predicted octanol–water partition coefficient (Wildman–Crippen LogP) is 3.29. The second kappa shape index (κ2) is 7.17. The zero-order valence-corrected chi connectivity index (χ0v) is 15.4. The molecule has 0 amide bonds. The minimum absolute atomic E-state index is 0.0173. The van der Waals surface area contributed by atoms with Gasteiger partial charge in [-0.15, -0.1) is 0 Å². The molecule has 4 aromatic rings. The van der Waals surface area contributed by atoms with Gasteiger partial charge < -0.3 is 5.11 Å². The lowest BCUT2D eigenvalue weighted by molar-refractivity contribution is 0.282. The Labute approximate surface area is 157 Å². The Hall–Kier alpha value is -3.25. The number of aliphatic hydroxyl groups is 1. The van der Waals surface area contributed by atoms with E-state index in [1.807, 2.05) is 35.1 Å². The maximum atomic E-state index is 9.44. The molecule has 2 aromatic carbocycles. The average Bonchev–Trinajstić information content (AvgIpc) is 3.36. The van der Waals surface area contributed by atoms with Crippen LogP contribution in [0.5, 0.6) is 0 Å². The molecule has 1 N–H and O–H groups in total. The van der Waals surface area contributed by atoms with E-state index in [4.69, 9.17) is 0 Å². The zero-order valence-electron chi connectivity index (χ0n) is 15.4. The minimum atomic E-state index is 0.0173. The largest absolute Gasteiger partial charge is 0.392 e. The second-order valence-corrected chi connectivity index (χ2v) is 6.64. The molecule has 27 heavy (non-hydrogen) atoms. The van der Waals surface area contributed by atoms with Gasteiger partial charge in [0, 0.05) is 23.6 Å². The molecule has 0 saturated carbocycles. The molecule has 0 aliphatic rings. The van der Waals surface area contributed by atoms with Crippen molar-refractivity contribution in [3.63, 3.8) is 0 Å². The first kappa shape index (κ1) is 17.2. The number of hydrogen-bond donors (Lipinski definition) is 1. The number of aromatic nitrogens is 5. The summed E-state index contributed by atoms with van der Waals surface area (Å²) >= 11 is 0. The molecule has 0 aliphatic carbocycles. The summed E-state index contributed by atoms with van der Waals surface area (Å²) in [7, 11) is 0. The maximum Gasteiger partial charge on any atom is 0.144 e. The van der Waals surface area contributed by atoms with Gasteiger partial charge in [0.15, 0.2) is 0 Å². The van der Waals surface area contributed by atoms with Gasteiger partial charge in [-0.05, 0) is 54.3 Å². The molecule has 0 saturated heterocycles. The summed E-state index contributed by atoms with van der Waals surface area (Å²) in [6, 6.07) is 12.2. The van der Waals surface area contributed by atoms with E-state index in [1.54, 1.807) is 18.9 Å². The fourth-order valence-corrected chi connectivity index (χ4v) is 3.31. The van der Waals surface area contributed by atoms with Gasteiger partial charge in [-0.1, -0.05) is 18.2 Å². The first-order valence-corrected chi connectivity index (χ1v) is 8.82. The second-order valence-electron chi connectivity index (χ2n) is 6.64. The summed E-state index contributed by atoms with van der Waals surface area (Å²) in [5.74, 6) is 0.877. The quantitative estimate of drug-likeness (QED) is 0.594. The van der Waals surface area contributed by atoms with Crippen LogP contribution >= 0.6 is 0 Å². The summed E-state index contributed by atoms with van der Waals surface area (Å²) in [4.78, 5) is 8.64. The topological polar surface area (TPSA) is 68.8 Å². The van der Waals surface area contributed by atoms with Crippen molar-refractivity contribution in [3.8, 4) is 17.1 Å². The number of nitrogens with zero attached hydrogens (tertiary/aromatic N) is 5. The van der Waals surface area contributed by atoms with Gasteiger partial charge in [0.2, 0.25) is 0 Å². The summed E-state index contributed by atoms with van der Waals surface area (Å²) in [5, 5.41) is 13.7. The standard InChI is InChI=1S/C21H21N5O/c1-15-8-16(2)20(10-18(15)11-25-14-22-13-24-25)21-23-6-7-26(21)19-5-3-4-17(9-19)12-27/h3-10,13-14,27H,11-12H2,1-2H3. The van der Waals surface area contributed by atoms with Crippen LogP contribution in [0, 0.1) is 13.8 Å². The molecule has 0 unspecified atom stereocenters. The summed E-state index contributed by atoms with van der Waals surface area (Å²) in [5.41, 5.74) is 6.49. The van der Waals surface area contributed by atoms with Crippen LogP contribution in [0.2, 0.25) is 0 Å². The number of benzene rings is 2. The molecule has 0 bridgehead atoms. The average molecular weight is 359 g/mol. The highest BCUT2D eigenvalue weighted by Crippen LogP contribution is 2.28. The Morgan fingerprint density at radius 2 is 1.96 bits per heavy atom. The SMILES string of the molecule is Cc1cc(C)c(-c2nccn2-c2cccc(CO)c2)cc1Cn1cncn1. The van der Waals surface area contributed by atoms with E-state index in [0.717, 1.165) is 22.6 Å². The molecule has 0 atom stereocenters. The Morgan fingerprint density at radius 1 is 1.07 bits per heavy atom. The normalized spacial score (nSPS) is 11.1. The Morgan fingerprint density at radius 3 is 2.74 bits per heavy atom. The summed E-state index contributed by atoms with van der Waals surface area (Å²) < 4.78 is 3.87. The first-order valence-electron chi connectivity index (χ1n) is 8.82. The molecule has 6 heteroatoms. The Bertz CT molecular complexity index is 1070. The van der Waals surface area contributed by atoms with E-state index in [0.29, 0.717) is 6.54 Å². The van der Waals surface area contributed by atoms with Crippen LogP contribution in [0.4, 0.5) is 0 Å². The van der Waals surface area contributed by atoms with E-state index in [1.165, 1.54) is 16.7 Å². The van der Waals surface area contributed by atoms with Crippen molar-refractivity contribution in [1.29, 1.82) is 0 Å². The van der Waals surface area contributed by atoms with Gasteiger partial charge in [-0.25, -0.2) is 14.6 Å². The van der Waals surface area contributed by atoms with Gasteiger partial charge in [0.05, 0.1) is 13.2 Å². The number of hydrogen-bond acceptors (Lipinski definition) is 4. The van der Waals surface area contributed by atoms with Crippen LogP contribution in [-0.4, -0.2) is 29.4 Å². The van der Waals surface area contributed by atoms with Crippen LogP contribution < -0.4 is 0 Å². The fourth-order valence-electron chi connectivity index (χ4n) is 3.31. The van der Waals surface area contributed by atoms with Crippen LogP contribution in [0.15, 0.2) is 61.4 Å². The molecule has 0 fully saturated rings. The highest BCUT2D eigenvalue weighted by Gasteiger charge is 2.13. The third-order valence-corrected chi connectivity index (χ3v) is 4.73. The fraction of sp³-hybridized carbons (Fsp3) is 0.190. The van der Waals surface area contributed by atoms with Crippen LogP contribution in [-0.2, 0) is 13.2 Å². The zero-order chi connectivity index (χ0) is 18.8. The number of aliphatic hydroxyl groups excluding tert-OH is 1. The van der Waals surface area contributed by atoms with Gasteiger partial charge >= 0.3 is 0 Å². The lowest BCUT2D eigenvalue weighted by Crippen LogP contribution is -2.04. The molecule has 6 nitrogen and oxygen atoms in total. The van der Waals surface area contributed by atoms with Crippen molar-refractivity contribution in [2.24, 2.45) is 0 Å². The first-order chi connectivity index (χ1) is 13.2. The highest BCUT2D eigenvalue weighted by atomic mass is 16.3. The van der Waals surface area contributed by atoms with E-state index in [2.05, 4.69) is 45.6 Å². The molecule has 0 aliphatic heterocycles. The number of rotatable bonds is 5. The lowest BCUT2D eigenvalue weighted by Gasteiger charge is -2.14. The molecule has 2 aromatic heterocycles. The molecular weight excluding hydrogens is 338 g/mol. The van der Waals surface area contributed by atoms with Crippen LogP contribution in [0.25, 0.3) is 17.1 Å². The van der Waals surface area contributed by atoms with E-state index >= 15 is 0 Å². The third-order valence-electron chi connectivity index (χ3n) is 4.73. The van der Waals surface area contributed by atoms with Gasteiger partial charge in [0.1, 0.15) is 18.5 Å². The van der Waals surface area contributed by atoms with Crippen molar-refractivity contribution in [2.75, 3.05) is 0 Å². The van der Waals surface area contributed by atoms with Crippen LogP contribution in [0.3, 0.4) is 0 Å². The van der Waals surface area contributed by atoms with Crippen molar-refractivity contribution in [2.45, 2.75) is 27.0 Å². The number of aryl methyl sites for hydroxylation is 2.